The van der Waals surface area contributed by atoms with E-state index in [4.69, 9.17) is 9.97 Å². The van der Waals surface area contributed by atoms with E-state index in [1.165, 1.54) is 60.7 Å². The molecular formula is C31H18N4. The van der Waals surface area contributed by atoms with Crippen LogP contribution in [0.15, 0.2) is 85.3 Å². The number of rotatable bonds is 0. The van der Waals surface area contributed by atoms with E-state index in [1.54, 1.807) is 0 Å². The van der Waals surface area contributed by atoms with Crippen LogP contribution in [0.3, 0.4) is 0 Å². The molecule has 0 radical (unpaired) electrons. The zero-order valence-corrected chi connectivity index (χ0v) is 18.8. The maximum atomic E-state index is 5.00. The standard InChI is InChI=1S/C31H18N4/c1-2-5-20-17(4-1)12-18-13-25-19(14-24(18)20)15-26-21(25)7-8-23-29(26)22-6-3-10-33-30(22)35-28-9-11-32-16-27(28)34-31(23)35/h1-11,13-14,16H,12,15H2. The molecule has 4 aromatic heterocycles. The first-order valence-electron chi connectivity index (χ1n) is 12.0. The summed E-state index contributed by atoms with van der Waals surface area (Å²) in [5.74, 6) is 0. The number of aromatic nitrogens is 4. The summed E-state index contributed by atoms with van der Waals surface area (Å²) < 4.78 is 2.19. The normalized spacial score (nSPS) is 13.5. The molecule has 2 aliphatic rings. The van der Waals surface area contributed by atoms with E-state index in [0.29, 0.717) is 0 Å². The molecule has 0 bridgehead atoms. The molecular weight excluding hydrogens is 428 g/mol. The lowest BCUT2D eigenvalue weighted by Gasteiger charge is -2.12. The molecule has 0 saturated heterocycles. The minimum absolute atomic E-state index is 0.894. The second-order valence-electron chi connectivity index (χ2n) is 9.70. The van der Waals surface area contributed by atoms with Crippen molar-refractivity contribution in [3.8, 4) is 22.3 Å². The average molecular weight is 447 g/mol. The molecule has 4 heteroatoms. The Kier molecular flexibility index (Phi) is 3.11. The maximum absolute atomic E-state index is 5.00. The predicted molar refractivity (Wildman–Crippen MR) is 140 cm³/mol. The molecule has 0 atom stereocenters. The van der Waals surface area contributed by atoms with Gasteiger partial charge in [0.15, 0.2) is 0 Å². The third kappa shape index (κ3) is 2.15. The molecule has 4 heterocycles. The fourth-order valence-electron chi connectivity index (χ4n) is 6.49. The molecule has 0 spiro atoms. The van der Waals surface area contributed by atoms with Crippen molar-refractivity contribution < 1.29 is 0 Å². The molecule has 162 valence electrons. The fraction of sp³-hybridized carbons (Fsp3) is 0.0645. The number of pyridine rings is 3. The van der Waals surface area contributed by atoms with Gasteiger partial charge in [0.2, 0.25) is 0 Å². The summed E-state index contributed by atoms with van der Waals surface area (Å²) in [5, 5.41) is 3.62. The molecule has 0 fully saturated rings. The lowest BCUT2D eigenvalue weighted by Crippen LogP contribution is -1.96. The Labute approximate surface area is 200 Å². The molecule has 0 unspecified atom stereocenters. The lowest BCUT2D eigenvalue weighted by molar-refractivity contribution is 1.22. The average Bonchev–Trinajstić information content (AvgIpc) is 3.58. The van der Waals surface area contributed by atoms with Gasteiger partial charge in [0.1, 0.15) is 16.8 Å². The molecule has 0 aliphatic heterocycles. The van der Waals surface area contributed by atoms with Crippen molar-refractivity contribution in [2.75, 3.05) is 0 Å². The summed E-state index contributed by atoms with van der Waals surface area (Å²) in [6, 6.07) is 24.5. The van der Waals surface area contributed by atoms with Gasteiger partial charge in [0, 0.05) is 28.6 Å². The second-order valence-corrected chi connectivity index (χ2v) is 9.70. The smallest absolute Gasteiger partial charge is 0.147 e. The van der Waals surface area contributed by atoms with Crippen LogP contribution in [0.25, 0.3) is 60.7 Å². The Hall–Kier alpha value is -4.57. The van der Waals surface area contributed by atoms with Crippen LogP contribution in [0.4, 0.5) is 0 Å². The van der Waals surface area contributed by atoms with E-state index in [0.717, 1.165) is 35.2 Å². The monoisotopic (exact) mass is 446 g/mol. The summed E-state index contributed by atoms with van der Waals surface area (Å²) in [6.07, 6.45) is 7.49. The number of hydrogen-bond acceptors (Lipinski definition) is 3. The zero-order valence-electron chi connectivity index (χ0n) is 18.8. The number of imidazole rings is 1. The molecule has 9 rings (SSSR count). The summed E-state index contributed by atoms with van der Waals surface area (Å²) in [4.78, 5) is 14.1. The highest BCUT2D eigenvalue weighted by atomic mass is 15.1. The maximum Gasteiger partial charge on any atom is 0.147 e. The van der Waals surface area contributed by atoms with E-state index >= 15 is 0 Å². The lowest BCUT2D eigenvalue weighted by atomic mass is 9.96. The van der Waals surface area contributed by atoms with Crippen LogP contribution in [0.2, 0.25) is 0 Å². The van der Waals surface area contributed by atoms with Gasteiger partial charge in [0.05, 0.1) is 11.7 Å². The van der Waals surface area contributed by atoms with Crippen molar-refractivity contribution in [1.29, 1.82) is 0 Å². The molecule has 3 aromatic carbocycles. The van der Waals surface area contributed by atoms with Crippen LogP contribution < -0.4 is 0 Å². The van der Waals surface area contributed by atoms with Gasteiger partial charge in [-0.1, -0.05) is 30.3 Å². The molecule has 2 aliphatic carbocycles. The third-order valence-electron chi connectivity index (χ3n) is 7.95. The first-order valence-corrected chi connectivity index (χ1v) is 12.0. The van der Waals surface area contributed by atoms with Gasteiger partial charge in [-0.15, -0.1) is 0 Å². The minimum Gasteiger partial charge on any atom is -0.276 e. The quantitative estimate of drug-likeness (QED) is 0.243. The van der Waals surface area contributed by atoms with Gasteiger partial charge >= 0.3 is 0 Å². The molecule has 0 amide bonds. The largest absolute Gasteiger partial charge is 0.276 e. The highest BCUT2D eigenvalue weighted by Crippen LogP contribution is 2.47. The van der Waals surface area contributed by atoms with Gasteiger partial charge in [-0.2, -0.15) is 0 Å². The Morgan fingerprint density at radius 1 is 0.657 bits per heavy atom. The Balaban J connectivity index is 1.38. The number of fused-ring (bicyclic) bond motifs is 15. The summed E-state index contributed by atoms with van der Waals surface area (Å²) in [7, 11) is 0. The van der Waals surface area contributed by atoms with Crippen molar-refractivity contribution in [2.45, 2.75) is 12.8 Å². The molecule has 35 heavy (non-hydrogen) atoms. The fourth-order valence-corrected chi connectivity index (χ4v) is 6.49. The first kappa shape index (κ1) is 17.8. The third-order valence-corrected chi connectivity index (χ3v) is 7.95. The van der Waals surface area contributed by atoms with Gasteiger partial charge in [-0.25, -0.2) is 9.97 Å². The van der Waals surface area contributed by atoms with Crippen molar-refractivity contribution in [2.24, 2.45) is 0 Å². The molecule has 7 aromatic rings. The van der Waals surface area contributed by atoms with Gasteiger partial charge in [-0.05, 0) is 93.7 Å². The zero-order chi connectivity index (χ0) is 22.7. The van der Waals surface area contributed by atoms with Crippen molar-refractivity contribution in [1.82, 2.24) is 19.4 Å². The Morgan fingerprint density at radius 2 is 1.51 bits per heavy atom. The highest BCUT2D eigenvalue weighted by Gasteiger charge is 2.28. The molecule has 0 N–H and O–H groups in total. The van der Waals surface area contributed by atoms with Crippen LogP contribution in [-0.4, -0.2) is 19.4 Å². The van der Waals surface area contributed by atoms with E-state index in [-0.39, 0.29) is 0 Å². The summed E-state index contributed by atoms with van der Waals surface area (Å²) in [5.41, 5.74) is 15.0. The predicted octanol–water partition coefficient (Wildman–Crippen LogP) is 6.73. The molecule has 4 nitrogen and oxygen atoms in total. The van der Waals surface area contributed by atoms with Crippen molar-refractivity contribution in [3.05, 3.63) is 108 Å². The number of nitrogens with zero attached hydrogens (tertiary/aromatic N) is 4. The van der Waals surface area contributed by atoms with E-state index in [1.807, 2.05) is 30.7 Å². The van der Waals surface area contributed by atoms with Gasteiger partial charge in [-0.3, -0.25) is 9.38 Å². The van der Waals surface area contributed by atoms with Crippen LogP contribution in [0.5, 0.6) is 0 Å². The molecule has 0 saturated carbocycles. The van der Waals surface area contributed by atoms with E-state index in [9.17, 15) is 0 Å². The van der Waals surface area contributed by atoms with Crippen molar-refractivity contribution >= 4 is 38.5 Å². The Morgan fingerprint density at radius 3 is 2.49 bits per heavy atom. The van der Waals surface area contributed by atoms with Gasteiger partial charge < -0.3 is 0 Å². The number of hydrogen-bond donors (Lipinski definition) is 0. The van der Waals surface area contributed by atoms with Crippen molar-refractivity contribution in [3.63, 3.8) is 0 Å². The SMILES string of the molecule is c1ccc2c(c1)Cc1cc3c(cc1-2)Cc1c-3ccc2c1c1cccnc1n1c3ccncc3nc21. The van der Waals surface area contributed by atoms with E-state index in [2.05, 4.69) is 64.0 Å². The Bertz CT molecular complexity index is 2070. The van der Waals surface area contributed by atoms with Crippen LogP contribution in [0.1, 0.15) is 22.3 Å². The summed E-state index contributed by atoms with van der Waals surface area (Å²) >= 11 is 0. The van der Waals surface area contributed by atoms with Crippen LogP contribution >= 0.6 is 0 Å². The van der Waals surface area contributed by atoms with Crippen LogP contribution in [-0.2, 0) is 12.8 Å². The minimum atomic E-state index is 0.894. The highest BCUT2D eigenvalue weighted by molar-refractivity contribution is 6.16. The van der Waals surface area contributed by atoms with Gasteiger partial charge in [0.25, 0.3) is 0 Å². The summed E-state index contributed by atoms with van der Waals surface area (Å²) in [6.45, 7) is 0. The number of benzene rings is 3. The van der Waals surface area contributed by atoms with Crippen LogP contribution in [0, 0.1) is 0 Å². The topological polar surface area (TPSA) is 43.1 Å². The van der Waals surface area contributed by atoms with E-state index < -0.39 is 0 Å². The second kappa shape index (κ2) is 6.10. The first-order chi connectivity index (χ1) is 17.3.